The molecule has 0 fully saturated rings. The fourth-order valence-electron chi connectivity index (χ4n) is 2.64. The Kier molecular flexibility index (Phi) is 4.55. The number of ether oxygens (including phenoxy) is 1. The highest BCUT2D eigenvalue weighted by molar-refractivity contribution is 5.88. The molecule has 1 unspecified atom stereocenters. The summed E-state index contributed by atoms with van der Waals surface area (Å²) in [6.45, 7) is 3.46. The highest BCUT2D eigenvalue weighted by Gasteiger charge is 2.27. The zero-order chi connectivity index (χ0) is 18.0. The molecule has 0 aliphatic heterocycles. The Bertz CT molecular complexity index is 890. The second-order valence-electron chi connectivity index (χ2n) is 6.26. The van der Waals surface area contributed by atoms with E-state index in [-0.39, 0.29) is 18.9 Å². The van der Waals surface area contributed by atoms with Gasteiger partial charge in [0.15, 0.2) is 0 Å². The molecular formula is C19H21NO5. The Labute approximate surface area is 145 Å². The van der Waals surface area contributed by atoms with Gasteiger partial charge in [-0.2, -0.15) is 0 Å². The number of carbonyl (C=O) groups is 1. The molecule has 2 aromatic heterocycles. The maximum atomic E-state index is 12.2. The average molecular weight is 343 g/mol. The van der Waals surface area contributed by atoms with Crippen LogP contribution in [-0.2, 0) is 16.8 Å². The number of amides is 1. The molecule has 6 nitrogen and oxygen atoms in total. The van der Waals surface area contributed by atoms with Gasteiger partial charge in [-0.05, 0) is 38.1 Å². The predicted octanol–water partition coefficient (Wildman–Crippen LogP) is 2.91. The van der Waals surface area contributed by atoms with Crippen molar-refractivity contribution in [1.82, 2.24) is 5.32 Å². The van der Waals surface area contributed by atoms with E-state index < -0.39 is 5.60 Å². The van der Waals surface area contributed by atoms with Crippen LogP contribution in [-0.4, -0.2) is 24.7 Å². The average Bonchev–Trinajstić information content (AvgIpc) is 3.20. The maximum Gasteiger partial charge on any atom is 0.224 e. The Hall–Kier alpha value is -2.73. The van der Waals surface area contributed by atoms with Crippen LogP contribution >= 0.6 is 0 Å². The molecule has 0 spiro atoms. The minimum absolute atomic E-state index is 0.0579. The van der Waals surface area contributed by atoms with E-state index in [1.54, 1.807) is 45.4 Å². The fraction of sp³-hybridized carbons (Fsp3) is 0.316. The van der Waals surface area contributed by atoms with Gasteiger partial charge in [0.25, 0.3) is 0 Å². The zero-order valence-electron chi connectivity index (χ0n) is 14.5. The van der Waals surface area contributed by atoms with Gasteiger partial charge in [0.2, 0.25) is 5.91 Å². The Morgan fingerprint density at radius 3 is 2.80 bits per heavy atom. The fourth-order valence-corrected chi connectivity index (χ4v) is 2.64. The van der Waals surface area contributed by atoms with Crippen LogP contribution < -0.4 is 10.1 Å². The molecule has 132 valence electrons. The summed E-state index contributed by atoms with van der Waals surface area (Å²) < 4.78 is 16.1. The summed E-state index contributed by atoms with van der Waals surface area (Å²) in [7, 11) is 1.59. The van der Waals surface area contributed by atoms with Crippen LogP contribution in [0.15, 0.2) is 45.4 Å². The number of hydrogen-bond donors (Lipinski definition) is 2. The van der Waals surface area contributed by atoms with Crippen molar-refractivity contribution in [3.8, 4) is 5.75 Å². The lowest BCUT2D eigenvalue weighted by atomic mass is 10.0. The molecule has 3 aromatic rings. The minimum atomic E-state index is -1.27. The van der Waals surface area contributed by atoms with E-state index in [9.17, 15) is 9.90 Å². The maximum absolute atomic E-state index is 12.2. The number of aliphatic hydroxyl groups is 1. The van der Waals surface area contributed by atoms with Gasteiger partial charge in [0.05, 0.1) is 26.3 Å². The summed E-state index contributed by atoms with van der Waals surface area (Å²) in [6, 6.07) is 8.95. The van der Waals surface area contributed by atoms with Gasteiger partial charge in [-0.25, -0.2) is 0 Å². The van der Waals surface area contributed by atoms with E-state index in [2.05, 4.69) is 5.32 Å². The van der Waals surface area contributed by atoms with Crippen LogP contribution in [0.3, 0.4) is 0 Å². The molecule has 1 amide bonds. The third kappa shape index (κ3) is 3.69. The summed E-state index contributed by atoms with van der Waals surface area (Å²) in [6.07, 6.45) is 1.73. The molecule has 0 saturated heterocycles. The van der Waals surface area contributed by atoms with Crippen LogP contribution in [0.4, 0.5) is 0 Å². The Morgan fingerprint density at radius 2 is 2.12 bits per heavy atom. The number of furan rings is 2. The van der Waals surface area contributed by atoms with E-state index in [0.717, 1.165) is 10.9 Å². The molecule has 0 aliphatic carbocycles. The van der Waals surface area contributed by atoms with Gasteiger partial charge in [-0.3, -0.25) is 4.79 Å². The number of benzene rings is 1. The van der Waals surface area contributed by atoms with Gasteiger partial charge in [0, 0.05) is 17.0 Å². The van der Waals surface area contributed by atoms with Gasteiger partial charge in [0.1, 0.15) is 28.5 Å². The third-order valence-corrected chi connectivity index (χ3v) is 4.11. The molecule has 3 rings (SSSR count). The highest BCUT2D eigenvalue weighted by atomic mass is 16.5. The van der Waals surface area contributed by atoms with Crippen molar-refractivity contribution in [2.24, 2.45) is 0 Å². The first-order valence-corrected chi connectivity index (χ1v) is 7.99. The van der Waals surface area contributed by atoms with Gasteiger partial charge < -0.3 is 24.0 Å². The first kappa shape index (κ1) is 17.1. The summed E-state index contributed by atoms with van der Waals surface area (Å²) >= 11 is 0. The largest absolute Gasteiger partial charge is 0.497 e. The van der Waals surface area contributed by atoms with Crippen molar-refractivity contribution in [2.45, 2.75) is 25.9 Å². The molecule has 0 aliphatic rings. The molecule has 0 bridgehead atoms. The van der Waals surface area contributed by atoms with Crippen molar-refractivity contribution in [2.75, 3.05) is 13.7 Å². The molecule has 1 atom stereocenters. The van der Waals surface area contributed by atoms with Crippen LogP contribution in [0, 0.1) is 6.92 Å². The first-order valence-electron chi connectivity index (χ1n) is 7.99. The molecule has 0 saturated carbocycles. The van der Waals surface area contributed by atoms with Crippen LogP contribution in [0.25, 0.3) is 11.0 Å². The van der Waals surface area contributed by atoms with E-state index in [1.807, 2.05) is 12.1 Å². The normalized spacial score (nSPS) is 13.6. The van der Waals surface area contributed by atoms with Crippen molar-refractivity contribution >= 4 is 16.9 Å². The Balaban J connectivity index is 1.65. The number of rotatable bonds is 6. The second kappa shape index (κ2) is 6.64. The zero-order valence-corrected chi connectivity index (χ0v) is 14.5. The second-order valence-corrected chi connectivity index (χ2v) is 6.26. The first-order chi connectivity index (χ1) is 11.9. The number of fused-ring (bicyclic) bond motifs is 1. The van der Waals surface area contributed by atoms with Crippen molar-refractivity contribution in [1.29, 1.82) is 0 Å². The summed E-state index contributed by atoms with van der Waals surface area (Å²) in [5, 5.41) is 14.1. The molecule has 2 N–H and O–H groups in total. The Morgan fingerprint density at radius 1 is 1.32 bits per heavy atom. The van der Waals surface area contributed by atoms with E-state index in [0.29, 0.717) is 22.9 Å². The SMILES string of the molecule is COc1ccc2c(CC(=O)NCC(C)(O)c3ccc(C)o3)coc2c1. The molecular weight excluding hydrogens is 322 g/mol. The summed E-state index contributed by atoms with van der Waals surface area (Å²) in [4.78, 5) is 12.2. The lowest BCUT2D eigenvalue weighted by Crippen LogP contribution is -2.39. The molecule has 6 heteroatoms. The van der Waals surface area contributed by atoms with Gasteiger partial charge in [-0.1, -0.05) is 0 Å². The molecule has 2 heterocycles. The summed E-state index contributed by atoms with van der Waals surface area (Å²) in [5.41, 5.74) is 0.180. The number of nitrogens with one attached hydrogen (secondary N) is 1. The molecule has 0 radical (unpaired) electrons. The monoisotopic (exact) mass is 343 g/mol. The number of methoxy groups -OCH3 is 1. The quantitative estimate of drug-likeness (QED) is 0.719. The minimum Gasteiger partial charge on any atom is -0.497 e. The van der Waals surface area contributed by atoms with Gasteiger partial charge in [-0.15, -0.1) is 0 Å². The van der Waals surface area contributed by atoms with E-state index in [1.165, 1.54) is 0 Å². The van der Waals surface area contributed by atoms with Crippen molar-refractivity contribution in [3.05, 3.63) is 53.7 Å². The van der Waals surface area contributed by atoms with Crippen LogP contribution in [0.1, 0.15) is 24.0 Å². The third-order valence-electron chi connectivity index (χ3n) is 4.11. The smallest absolute Gasteiger partial charge is 0.224 e. The predicted molar refractivity (Wildman–Crippen MR) is 92.5 cm³/mol. The number of aryl methyl sites for hydroxylation is 1. The topological polar surface area (TPSA) is 84.8 Å². The summed E-state index contributed by atoms with van der Waals surface area (Å²) in [5.74, 6) is 1.62. The highest BCUT2D eigenvalue weighted by Crippen LogP contribution is 2.26. The standard InChI is InChI=1S/C19H21NO5/c1-12-4-7-17(25-12)19(2,22)11-20-18(21)8-13-10-24-16-9-14(23-3)5-6-15(13)16/h4-7,9-10,22H,8,11H2,1-3H3,(H,20,21). The lowest BCUT2D eigenvalue weighted by Gasteiger charge is -2.21. The lowest BCUT2D eigenvalue weighted by molar-refractivity contribution is -0.121. The van der Waals surface area contributed by atoms with Crippen molar-refractivity contribution in [3.63, 3.8) is 0 Å². The number of hydrogen-bond acceptors (Lipinski definition) is 5. The van der Waals surface area contributed by atoms with E-state index >= 15 is 0 Å². The van der Waals surface area contributed by atoms with Gasteiger partial charge >= 0.3 is 0 Å². The van der Waals surface area contributed by atoms with Crippen LogP contribution in [0.2, 0.25) is 0 Å². The molecule has 25 heavy (non-hydrogen) atoms. The number of carbonyl (C=O) groups excluding carboxylic acids is 1. The van der Waals surface area contributed by atoms with Crippen LogP contribution in [0.5, 0.6) is 5.75 Å². The van der Waals surface area contributed by atoms with E-state index in [4.69, 9.17) is 13.6 Å². The molecule has 1 aromatic carbocycles. The van der Waals surface area contributed by atoms with Crippen molar-refractivity contribution < 1.29 is 23.5 Å².